The van der Waals surface area contributed by atoms with Gasteiger partial charge in [-0.15, -0.1) is 0 Å². The van der Waals surface area contributed by atoms with Gasteiger partial charge in [-0.1, -0.05) is 48.5 Å². The van der Waals surface area contributed by atoms with Gasteiger partial charge in [0.1, 0.15) is 18.2 Å². The van der Waals surface area contributed by atoms with E-state index >= 15 is 0 Å². The minimum atomic E-state index is -0.555. The number of rotatable bonds is 6. The van der Waals surface area contributed by atoms with Crippen molar-refractivity contribution in [2.75, 3.05) is 26.2 Å². The van der Waals surface area contributed by atoms with Gasteiger partial charge in [-0.2, -0.15) is 0 Å². The Bertz CT molecular complexity index is 1060. The van der Waals surface area contributed by atoms with Gasteiger partial charge in [-0.05, 0) is 41.0 Å². The molecule has 3 N–H and O–H groups in total. The van der Waals surface area contributed by atoms with E-state index in [0.717, 1.165) is 54.2 Å². The van der Waals surface area contributed by atoms with Crippen LogP contribution in [0.15, 0.2) is 72.8 Å². The molecule has 6 heteroatoms. The van der Waals surface area contributed by atoms with Crippen LogP contribution in [0.3, 0.4) is 0 Å². The minimum Gasteiger partial charge on any atom is -0.492 e. The average Bonchev–Trinajstić information content (AvgIpc) is 3.19. The van der Waals surface area contributed by atoms with Crippen LogP contribution in [0.1, 0.15) is 34.4 Å². The number of hydrogen-bond donors (Lipinski definition) is 3. The van der Waals surface area contributed by atoms with Gasteiger partial charge >= 0.3 is 0 Å². The molecule has 0 radical (unpaired) electrons. The molecule has 3 aromatic carbocycles. The predicted molar refractivity (Wildman–Crippen MR) is 126 cm³/mol. The van der Waals surface area contributed by atoms with Gasteiger partial charge in [0.15, 0.2) is 0 Å². The molecule has 3 unspecified atom stereocenters. The fraction of sp³-hybridized carbons (Fsp3) is 0.333. The number of ether oxygens (including phenoxy) is 1. The lowest BCUT2D eigenvalue weighted by Crippen LogP contribution is -2.34. The molecule has 2 heterocycles. The average molecular weight is 448 g/mol. The van der Waals surface area contributed by atoms with Crippen molar-refractivity contribution in [3.8, 4) is 5.75 Å². The maximum Gasteiger partial charge on any atom is 0.123 e. The quantitative estimate of drug-likeness (QED) is 0.537. The molecule has 0 amide bonds. The molecule has 0 saturated carbocycles. The first-order valence-corrected chi connectivity index (χ1v) is 11.6. The Morgan fingerprint density at radius 1 is 1.06 bits per heavy atom. The zero-order chi connectivity index (χ0) is 22.6. The van der Waals surface area contributed by atoms with Gasteiger partial charge in [-0.25, -0.2) is 9.82 Å². The number of hydrogen-bond acceptors (Lipinski definition) is 5. The summed E-state index contributed by atoms with van der Waals surface area (Å²) >= 11 is 0. The van der Waals surface area contributed by atoms with E-state index in [0.29, 0.717) is 18.9 Å². The van der Waals surface area contributed by atoms with E-state index in [1.54, 1.807) is 0 Å². The number of aliphatic hydroxyl groups is 1. The van der Waals surface area contributed by atoms with Crippen LogP contribution in [0, 0.1) is 11.7 Å². The van der Waals surface area contributed by atoms with E-state index in [1.807, 2.05) is 54.6 Å². The maximum absolute atomic E-state index is 13.4. The number of aliphatic hydroxyl groups excluding tert-OH is 1. The molecule has 5 nitrogen and oxygen atoms in total. The Kier molecular flexibility index (Phi) is 6.69. The predicted octanol–water partition coefficient (Wildman–Crippen LogP) is 3.76. The number of nitrogens with one attached hydrogen (secondary N) is 2. The molecule has 0 aromatic heterocycles. The van der Waals surface area contributed by atoms with Crippen LogP contribution < -0.4 is 15.6 Å². The van der Waals surface area contributed by atoms with Gasteiger partial charge in [0.05, 0.1) is 12.1 Å². The van der Waals surface area contributed by atoms with E-state index in [1.165, 1.54) is 12.1 Å². The lowest BCUT2D eigenvalue weighted by Gasteiger charge is -2.26. The molecule has 172 valence electrons. The SMILES string of the molecule is OC(Cc1ccccc1)c1ccc2c(c1)CN(CC1CNNC1c1ccc(F)cc1)CCO2. The molecule has 5 rings (SSSR count). The highest BCUT2D eigenvalue weighted by Gasteiger charge is 2.30. The minimum absolute atomic E-state index is 0.133. The van der Waals surface area contributed by atoms with Crippen LogP contribution in [0.5, 0.6) is 5.75 Å². The number of fused-ring (bicyclic) bond motifs is 1. The molecular formula is C27H30FN3O2. The molecule has 3 atom stereocenters. The molecule has 2 aliphatic rings. The summed E-state index contributed by atoms with van der Waals surface area (Å²) in [6.07, 6.45) is 0.0312. The second-order valence-corrected chi connectivity index (χ2v) is 8.97. The molecule has 1 saturated heterocycles. The first-order valence-electron chi connectivity index (χ1n) is 11.6. The van der Waals surface area contributed by atoms with E-state index in [2.05, 4.69) is 21.8 Å². The van der Waals surface area contributed by atoms with E-state index in [9.17, 15) is 9.50 Å². The molecule has 33 heavy (non-hydrogen) atoms. The lowest BCUT2D eigenvalue weighted by atomic mass is 9.94. The Balaban J connectivity index is 1.28. The van der Waals surface area contributed by atoms with Crippen LogP contribution >= 0.6 is 0 Å². The molecule has 0 aliphatic carbocycles. The topological polar surface area (TPSA) is 56.8 Å². The highest BCUT2D eigenvalue weighted by molar-refractivity contribution is 5.39. The third kappa shape index (κ3) is 5.25. The summed E-state index contributed by atoms with van der Waals surface area (Å²) in [5, 5.41) is 10.8. The number of halogens is 1. The van der Waals surface area contributed by atoms with Gasteiger partial charge in [0, 0.05) is 44.1 Å². The first-order chi connectivity index (χ1) is 16.2. The Morgan fingerprint density at radius 2 is 1.88 bits per heavy atom. The van der Waals surface area contributed by atoms with Gasteiger partial charge in [0.25, 0.3) is 0 Å². The van der Waals surface area contributed by atoms with Crippen molar-refractivity contribution < 1.29 is 14.2 Å². The van der Waals surface area contributed by atoms with Gasteiger partial charge in [-0.3, -0.25) is 10.3 Å². The summed E-state index contributed by atoms with van der Waals surface area (Å²) < 4.78 is 19.4. The van der Waals surface area contributed by atoms with Crippen molar-refractivity contribution >= 4 is 0 Å². The maximum atomic E-state index is 13.4. The summed E-state index contributed by atoms with van der Waals surface area (Å²) in [7, 11) is 0. The van der Waals surface area contributed by atoms with Crippen molar-refractivity contribution in [3.05, 3.63) is 101 Å². The van der Waals surface area contributed by atoms with Gasteiger partial charge in [0.2, 0.25) is 0 Å². The van der Waals surface area contributed by atoms with E-state index in [-0.39, 0.29) is 11.9 Å². The second-order valence-electron chi connectivity index (χ2n) is 8.97. The summed E-state index contributed by atoms with van der Waals surface area (Å²) in [4.78, 5) is 2.41. The number of hydrazine groups is 1. The largest absolute Gasteiger partial charge is 0.492 e. The first kappa shape index (κ1) is 22.0. The lowest BCUT2D eigenvalue weighted by molar-refractivity contribution is 0.178. The monoisotopic (exact) mass is 447 g/mol. The zero-order valence-corrected chi connectivity index (χ0v) is 18.6. The Hall–Kier alpha value is -2.77. The summed E-state index contributed by atoms with van der Waals surface area (Å²) in [5.41, 5.74) is 10.8. The molecule has 3 aromatic rings. The fourth-order valence-electron chi connectivity index (χ4n) is 4.85. The summed E-state index contributed by atoms with van der Waals surface area (Å²) in [5.74, 6) is 1.03. The van der Waals surface area contributed by atoms with E-state index in [4.69, 9.17) is 4.74 Å². The van der Waals surface area contributed by atoms with Crippen LogP contribution in [0.2, 0.25) is 0 Å². The fourth-order valence-corrected chi connectivity index (χ4v) is 4.85. The second kappa shape index (κ2) is 10.0. The molecule has 0 spiro atoms. The van der Waals surface area contributed by atoms with E-state index < -0.39 is 6.10 Å². The zero-order valence-electron chi connectivity index (χ0n) is 18.6. The van der Waals surface area contributed by atoms with Crippen molar-refractivity contribution in [1.29, 1.82) is 0 Å². The standard InChI is InChI=1S/C27H30FN3O2/c28-24-9-6-20(7-10-24)27-23(16-29-30-27)18-31-12-13-33-26-11-8-21(15-22(26)17-31)25(32)14-19-4-2-1-3-5-19/h1-11,15,23,25,27,29-30,32H,12-14,16-18H2. The third-order valence-corrected chi connectivity index (χ3v) is 6.62. The van der Waals surface area contributed by atoms with Gasteiger partial charge < -0.3 is 9.84 Å². The molecular weight excluding hydrogens is 417 g/mol. The van der Waals surface area contributed by atoms with Crippen LogP contribution in [-0.4, -0.2) is 36.2 Å². The van der Waals surface area contributed by atoms with Crippen molar-refractivity contribution in [1.82, 2.24) is 15.8 Å². The van der Waals surface area contributed by atoms with Crippen LogP contribution in [-0.2, 0) is 13.0 Å². The van der Waals surface area contributed by atoms with Crippen molar-refractivity contribution in [2.24, 2.45) is 5.92 Å². The highest BCUT2D eigenvalue weighted by Crippen LogP contribution is 2.31. The normalized spacial score (nSPS) is 21.8. The summed E-state index contributed by atoms with van der Waals surface area (Å²) in [6, 6.07) is 23.0. The van der Waals surface area contributed by atoms with Crippen LogP contribution in [0.25, 0.3) is 0 Å². The van der Waals surface area contributed by atoms with Crippen molar-refractivity contribution in [3.63, 3.8) is 0 Å². The Morgan fingerprint density at radius 3 is 2.70 bits per heavy atom. The molecule has 1 fully saturated rings. The molecule has 0 bridgehead atoms. The van der Waals surface area contributed by atoms with Crippen LogP contribution in [0.4, 0.5) is 4.39 Å². The highest BCUT2D eigenvalue weighted by atomic mass is 19.1. The summed E-state index contributed by atoms with van der Waals surface area (Å²) in [6.45, 7) is 3.98. The third-order valence-electron chi connectivity index (χ3n) is 6.62. The number of benzene rings is 3. The smallest absolute Gasteiger partial charge is 0.123 e. The number of nitrogens with zero attached hydrogens (tertiary/aromatic N) is 1. The molecule has 2 aliphatic heterocycles. The Labute approximate surface area is 194 Å². The van der Waals surface area contributed by atoms with Crippen molar-refractivity contribution in [2.45, 2.75) is 25.1 Å².